The summed E-state index contributed by atoms with van der Waals surface area (Å²) >= 11 is 12.8. The van der Waals surface area contributed by atoms with Crippen molar-refractivity contribution < 1.29 is 19.1 Å². The molecule has 3 aliphatic rings. The molecule has 224 valence electrons. The molecule has 1 aromatic heterocycles. The first kappa shape index (κ1) is 29.6. The van der Waals surface area contributed by atoms with Gasteiger partial charge in [0.25, 0.3) is 0 Å². The van der Waals surface area contributed by atoms with Gasteiger partial charge in [0.2, 0.25) is 5.91 Å². The molecular weight excluding hydrogens is 590 g/mol. The summed E-state index contributed by atoms with van der Waals surface area (Å²) in [5.41, 5.74) is 2.02. The third-order valence-corrected chi connectivity index (χ3v) is 9.83. The first-order valence-corrected chi connectivity index (χ1v) is 14.9. The van der Waals surface area contributed by atoms with E-state index in [9.17, 15) is 14.7 Å². The van der Waals surface area contributed by atoms with Crippen molar-refractivity contribution in [1.82, 2.24) is 14.5 Å². The molecule has 1 fully saturated rings. The van der Waals surface area contributed by atoms with Crippen LogP contribution >= 0.6 is 23.2 Å². The Balaban J connectivity index is 0.00000329. The van der Waals surface area contributed by atoms with Crippen LogP contribution < -0.4 is 5.32 Å². The quantitative estimate of drug-likeness (QED) is 0.238. The van der Waals surface area contributed by atoms with Gasteiger partial charge in [-0.2, -0.15) is 0 Å². The summed E-state index contributed by atoms with van der Waals surface area (Å²) in [6, 6.07) is 15.2. The molecule has 4 aromatic rings. The molecule has 0 radical (unpaired) electrons. The van der Waals surface area contributed by atoms with Crippen LogP contribution in [0.15, 0.2) is 54.6 Å². The molecule has 7 rings (SSSR count). The van der Waals surface area contributed by atoms with Crippen LogP contribution in [0.4, 0.5) is 10.1 Å². The molecule has 3 aromatic carbocycles. The number of rotatable bonds is 5. The Morgan fingerprint density at radius 2 is 1.98 bits per heavy atom. The van der Waals surface area contributed by atoms with E-state index in [1.54, 1.807) is 42.5 Å². The maximum atomic E-state index is 16.2. The number of aryl methyl sites for hydroxylation is 1. The first-order valence-electron chi connectivity index (χ1n) is 14.2. The zero-order valence-corrected chi connectivity index (χ0v) is 24.6. The summed E-state index contributed by atoms with van der Waals surface area (Å²) in [4.78, 5) is 33.5. The standard InChI is InChI=1S/C32H29Cl2FN4O3.CH4/c1-16(2)10-13-39-25-11-12-38-24-9-6-17(30(40)41)14-23(24)36-29(38)26(25)27(19-4-3-5-21(34)28(19)35)32(39)20-8-7-18(33)15-22(20)37-31(32)42;/h3-9,14-16,25-27H,10-13H2,1-2H3,(H,37,42)(H,40,41);1H4/t25-,26+,27-,32+;/m0./s1. The van der Waals surface area contributed by atoms with E-state index in [2.05, 4.69) is 28.6 Å². The smallest absolute Gasteiger partial charge is 0.335 e. The minimum Gasteiger partial charge on any atom is -0.478 e. The number of carboxylic acid groups (broad SMARTS) is 1. The van der Waals surface area contributed by atoms with Gasteiger partial charge in [-0.15, -0.1) is 0 Å². The van der Waals surface area contributed by atoms with Crippen LogP contribution in [0, 0.1) is 11.7 Å². The number of nitrogens with one attached hydrogen (secondary N) is 1. The van der Waals surface area contributed by atoms with Crippen molar-refractivity contribution in [3.8, 4) is 0 Å². The fraction of sp³-hybridized carbons (Fsp3) is 0.364. The largest absolute Gasteiger partial charge is 0.478 e. The fourth-order valence-corrected chi connectivity index (χ4v) is 7.96. The lowest BCUT2D eigenvalue weighted by Gasteiger charge is -2.40. The molecule has 4 atom stereocenters. The number of aromatic nitrogens is 2. The minimum absolute atomic E-state index is 0. The molecule has 3 aliphatic heterocycles. The summed E-state index contributed by atoms with van der Waals surface area (Å²) in [6.07, 6.45) is 1.54. The lowest BCUT2D eigenvalue weighted by atomic mass is 9.70. The number of hydrogen-bond donors (Lipinski definition) is 2. The number of halogens is 3. The van der Waals surface area contributed by atoms with Gasteiger partial charge < -0.3 is 15.0 Å². The summed E-state index contributed by atoms with van der Waals surface area (Å²) < 4.78 is 18.3. The summed E-state index contributed by atoms with van der Waals surface area (Å²) in [7, 11) is 0. The second-order valence-electron chi connectivity index (χ2n) is 11.9. The third-order valence-electron chi connectivity index (χ3n) is 9.30. The van der Waals surface area contributed by atoms with Crippen LogP contribution in [0.2, 0.25) is 10.0 Å². The van der Waals surface area contributed by atoms with Crippen molar-refractivity contribution in [3.63, 3.8) is 0 Å². The number of imidazole rings is 1. The monoisotopic (exact) mass is 622 g/mol. The topological polar surface area (TPSA) is 87.5 Å². The molecule has 0 saturated carbocycles. The van der Waals surface area contributed by atoms with Crippen molar-refractivity contribution in [2.45, 2.75) is 64.1 Å². The van der Waals surface area contributed by atoms with Crippen molar-refractivity contribution in [2.24, 2.45) is 5.92 Å². The van der Waals surface area contributed by atoms with Gasteiger partial charge in [-0.1, -0.05) is 62.7 Å². The highest BCUT2D eigenvalue weighted by Crippen LogP contribution is 2.64. The van der Waals surface area contributed by atoms with E-state index in [0.717, 1.165) is 23.3 Å². The zero-order valence-electron chi connectivity index (χ0n) is 23.1. The highest BCUT2D eigenvalue weighted by Gasteiger charge is 2.68. The van der Waals surface area contributed by atoms with Gasteiger partial charge in [0.05, 0.1) is 21.6 Å². The molecule has 4 heterocycles. The molecule has 0 unspecified atom stereocenters. The molecule has 7 nitrogen and oxygen atoms in total. The molecular formula is C33H33Cl2FN4O3. The summed E-state index contributed by atoms with van der Waals surface area (Å²) in [5.74, 6) is -1.77. The van der Waals surface area contributed by atoms with Gasteiger partial charge in [0.15, 0.2) is 0 Å². The van der Waals surface area contributed by atoms with Crippen molar-refractivity contribution in [1.29, 1.82) is 0 Å². The van der Waals surface area contributed by atoms with Gasteiger partial charge in [-0.05, 0) is 60.7 Å². The molecule has 1 saturated heterocycles. The second-order valence-corrected chi connectivity index (χ2v) is 12.8. The number of carbonyl (C=O) groups is 2. The maximum absolute atomic E-state index is 16.2. The van der Waals surface area contributed by atoms with Crippen LogP contribution in [0.5, 0.6) is 0 Å². The number of anilines is 1. The maximum Gasteiger partial charge on any atom is 0.335 e. The lowest BCUT2D eigenvalue weighted by Crippen LogP contribution is -2.52. The van der Waals surface area contributed by atoms with Crippen molar-refractivity contribution in [3.05, 3.63) is 93.0 Å². The molecule has 0 aliphatic carbocycles. The SMILES string of the molecule is C.CC(C)CCN1[C@H]2CCn3c(nc4cc(C(=O)O)ccc43)[C@H]2[C@H](c2cccc(Cl)c2F)[C@]12C(=O)Nc1cc(Cl)ccc12. The molecule has 0 bridgehead atoms. The van der Waals surface area contributed by atoms with Gasteiger partial charge in [-0.3, -0.25) is 9.69 Å². The normalized spacial score (nSPS) is 24.1. The number of likely N-dealkylation sites (tertiary alicyclic amines) is 1. The number of aromatic carboxylic acids is 1. The number of carbonyl (C=O) groups excluding carboxylic acids is 1. The van der Waals surface area contributed by atoms with Crippen LogP contribution in [0.3, 0.4) is 0 Å². The van der Waals surface area contributed by atoms with E-state index in [0.29, 0.717) is 47.2 Å². The van der Waals surface area contributed by atoms with E-state index < -0.39 is 23.2 Å². The minimum atomic E-state index is -1.24. The molecule has 10 heteroatoms. The predicted molar refractivity (Wildman–Crippen MR) is 167 cm³/mol. The number of amides is 1. The molecule has 43 heavy (non-hydrogen) atoms. The fourth-order valence-electron chi connectivity index (χ4n) is 7.61. The van der Waals surface area contributed by atoms with Gasteiger partial charge in [0.1, 0.15) is 17.2 Å². The van der Waals surface area contributed by atoms with Crippen LogP contribution in [-0.4, -0.2) is 44.0 Å². The number of nitrogens with zero attached hydrogens (tertiary/aromatic N) is 3. The van der Waals surface area contributed by atoms with Crippen molar-refractivity contribution >= 4 is 51.8 Å². The number of carboxylic acids is 1. The highest BCUT2D eigenvalue weighted by molar-refractivity contribution is 6.31. The van der Waals surface area contributed by atoms with E-state index in [1.165, 1.54) is 6.07 Å². The predicted octanol–water partition coefficient (Wildman–Crippen LogP) is 7.67. The Morgan fingerprint density at radius 3 is 2.72 bits per heavy atom. The Labute approximate surface area is 259 Å². The highest BCUT2D eigenvalue weighted by atomic mass is 35.5. The van der Waals surface area contributed by atoms with Crippen LogP contribution in [0.25, 0.3) is 11.0 Å². The van der Waals surface area contributed by atoms with Gasteiger partial charge in [0, 0.05) is 47.2 Å². The third kappa shape index (κ3) is 4.21. The van der Waals surface area contributed by atoms with E-state index in [-0.39, 0.29) is 35.9 Å². The Morgan fingerprint density at radius 1 is 1.19 bits per heavy atom. The molecule has 1 spiro atoms. The Hall–Kier alpha value is -3.46. The van der Waals surface area contributed by atoms with Gasteiger partial charge >= 0.3 is 5.97 Å². The Kier molecular flexibility index (Phi) is 7.31. The van der Waals surface area contributed by atoms with Crippen LogP contribution in [0.1, 0.15) is 73.3 Å². The van der Waals surface area contributed by atoms with Crippen LogP contribution in [-0.2, 0) is 16.9 Å². The molecule has 1 amide bonds. The second kappa shape index (κ2) is 10.6. The average Bonchev–Trinajstić information content (AvgIpc) is 3.56. The van der Waals surface area contributed by atoms with E-state index >= 15 is 4.39 Å². The average molecular weight is 624 g/mol. The molecule has 2 N–H and O–H groups in total. The lowest BCUT2D eigenvalue weighted by molar-refractivity contribution is -0.128. The summed E-state index contributed by atoms with van der Waals surface area (Å²) in [6.45, 7) is 5.55. The number of fused-ring (bicyclic) bond motifs is 7. The van der Waals surface area contributed by atoms with Crippen molar-refractivity contribution in [2.75, 3.05) is 11.9 Å². The van der Waals surface area contributed by atoms with E-state index in [1.807, 2.05) is 6.07 Å². The first-order chi connectivity index (χ1) is 20.1. The zero-order chi connectivity index (χ0) is 29.5. The Bertz CT molecular complexity index is 1790. The number of benzene rings is 3. The number of hydrogen-bond acceptors (Lipinski definition) is 4. The van der Waals surface area contributed by atoms with Gasteiger partial charge in [-0.25, -0.2) is 14.2 Å². The summed E-state index contributed by atoms with van der Waals surface area (Å²) in [5, 5.41) is 13.2. The van der Waals surface area contributed by atoms with E-state index in [4.69, 9.17) is 28.2 Å².